The van der Waals surface area contributed by atoms with E-state index < -0.39 is 17.7 Å². The summed E-state index contributed by atoms with van der Waals surface area (Å²) in [6, 6.07) is 12.6. The van der Waals surface area contributed by atoms with Gasteiger partial charge in [-0.15, -0.1) is 24.6 Å². The molecule has 3 rings (SSSR count). The maximum atomic E-state index is 10.7. The van der Waals surface area contributed by atoms with Crippen molar-refractivity contribution in [2.24, 2.45) is 9.98 Å². The van der Waals surface area contributed by atoms with Crippen LogP contribution in [0.25, 0.3) is 0 Å². The van der Waals surface area contributed by atoms with Crippen LogP contribution in [0.15, 0.2) is 46.4 Å². The Morgan fingerprint density at radius 2 is 1.14 bits per heavy atom. The molecule has 0 spiro atoms. The standard InChI is InChI=1S/C24H26N3.CHF3O3S.CH3.Fe/c1-15-9-17(3)23(18(4)10-15)25-13-21-7-8-22(27-21)14-26-24-19(5)11-16(2)12-20(24)6;2-1(3,4)7-8(5)6;;/h7-14H,1-6H3;(H,5,6);1H3;/q-1;;-1;+3/p-1. The Balaban J connectivity index is 0.00000113. The van der Waals surface area contributed by atoms with E-state index in [9.17, 15) is 13.2 Å². The number of hydrogen-bond donors (Lipinski definition) is 0. The van der Waals surface area contributed by atoms with Gasteiger partial charge in [-0.2, -0.15) is 0 Å². The van der Waals surface area contributed by atoms with Crippen molar-refractivity contribution < 1.29 is 43.2 Å². The zero-order valence-electron chi connectivity index (χ0n) is 21.6. The van der Waals surface area contributed by atoms with Crippen molar-refractivity contribution in [1.29, 1.82) is 0 Å². The second-order valence-electron chi connectivity index (χ2n) is 8.04. The molecule has 37 heavy (non-hydrogen) atoms. The molecule has 0 aliphatic carbocycles. The van der Waals surface area contributed by atoms with Crippen LogP contribution in [0.3, 0.4) is 0 Å². The van der Waals surface area contributed by atoms with Gasteiger partial charge in [0.25, 0.3) is 0 Å². The Morgan fingerprint density at radius 1 is 0.811 bits per heavy atom. The van der Waals surface area contributed by atoms with Crippen LogP contribution < -0.4 is 4.98 Å². The third-order valence-electron chi connectivity index (χ3n) is 4.77. The normalized spacial score (nSPS) is 12.1. The first-order chi connectivity index (χ1) is 16.2. The molecule has 2 aromatic carbocycles. The fraction of sp³-hybridized carbons (Fsp3) is 0.269. The van der Waals surface area contributed by atoms with Crippen molar-refractivity contribution in [1.82, 2.24) is 4.98 Å². The first-order valence-electron chi connectivity index (χ1n) is 10.5. The summed E-state index contributed by atoms with van der Waals surface area (Å²) in [6.45, 7) is 12.6. The van der Waals surface area contributed by atoms with Crippen LogP contribution >= 0.6 is 0 Å². The molecule has 1 unspecified atom stereocenters. The number of aryl methyl sites for hydroxylation is 6. The third kappa shape index (κ3) is 11.6. The maximum Gasteiger partial charge on any atom is 3.00 e. The molecule has 201 valence electrons. The molecule has 0 aliphatic heterocycles. The molecule has 0 N–H and O–H groups in total. The van der Waals surface area contributed by atoms with Gasteiger partial charge in [0.15, 0.2) is 0 Å². The van der Waals surface area contributed by atoms with E-state index in [1.807, 2.05) is 24.6 Å². The molecule has 0 aliphatic rings. The Morgan fingerprint density at radius 3 is 1.38 bits per heavy atom. The molecule has 1 radical (unpaired) electrons. The van der Waals surface area contributed by atoms with Crippen LogP contribution in [0.1, 0.15) is 44.8 Å². The van der Waals surface area contributed by atoms with Crippen molar-refractivity contribution in [3.8, 4) is 0 Å². The Hall–Kier alpha value is -2.56. The predicted octanol–water partition coefficient (Wildman–Crippen LogP) is 6.76. The van der Waals surface area contributed by atoms with E-state index in [1.165, 1.54) is 33.4 Å². The molecule has 11 heteroatoms. The van der Waals surface area contributed by atoms with Gasteiger partial charge in [-0.3, -0.25) is 9.98 Å². The van der Waals surface area contributed by atoms with Gasteiger partial charge >= 0.3 is 23.4 Å². The van der Waals surface area contributed by atoms with Crippen molar-refractivity contribution >= 4 is 35.2 Å². The fourth-order valence-electron chi connectivity index (χ4n) is 3.63. The van der Waals surface area contributed by atoms with E-state index in [1.54, 1.807) is 0 Å². The molecule has 6 nitrogen and oxygen atoms in total. The summed E-state index contributed by atoms with van der Waals surface area (Å²) < 4.78 is 52.6. The first kappa shape index (κ1) is 34.4. The fourth-order valence-corrected chi connectivity index (χ4v) is 3.78. The average Bonchev–Trinajstić information content (AvgIpc) is 3.12. The molecule has 0 fully saturated rings. The number of benzene rings is 2. The summed E-state index contributed by atoms with van der Waals surface area (Å²) in [5.74, 6) is 0. The Bertz CT molecular complexity index is 1140. The average molecular weight is 576 g/mol. The summed E-state index contributed by atoms with van der Waals surface area (Å²) in [4.78, 5) is 13.9. The molecule has 1 heterocycles. The van der Waals surface area contributed by atoms with Gasteiger partial charge < -0.3 is 17.0 Å². The van der Waals surface area contributed by atoms with Crippen molar-refractivity contribution in [3.63, 3.8) is 0 Å². The zero-order chi connectivity index (χ0) is 26.3. The van der Waals surface area contributed by atoms with Gasteiger partial charge in [-0.25, -0.2) is 8.39 Å². The van der Waals surface area contributed by atoms with Crippen LogP contribution in [-0.2, 0) is 32.6 Å². The van der Waals surface area contributed by atoms with E-state index in [2.05, 4.69) is 85.0 Å². The van der Waals surface area contributed by atoms with Crippen molar-refractivity contribution in [2.75, 3.05) is 0 Å². The van der Waals surface area contributed by atoms with Crippen LogP contribution in [0.2, 0.25) is 0 Å². The minimum absolute atomic E-state index is 0. The third-order valence-corrected chi connectivity index (χ3v) is 5.09. The number of hydrogen-bond acceptors (Lipinski definition) is 5. The van der Waals surface area contributed by atoms with Crippen molar-refractivity contribution in [3.05, 3.63) is 88.6 Å². The molecule has 0 saturated heterocycles. The summed E-state index contributed by atoms with van der Waals surface area (Å²) in [5, 5.41) is 0. The summed E-state index contributed by atoms with van der Waals surface area (Å²) in [6.07, 6.45) is -1.44. The van der Waals surface area contributed by atoms with Crippen LogP contribution in [0.4, 0.5) is 24.5 Å². The van der Waals surface area contributed by atoms with E-state index in [0.29, 0.717) is 0 Å². The van der Waals surface area contributed by atoms with Gasteiger partial charge in [0.2, 0.25) is 0 Å². The largest absolute Gasteiger partial charge is 3.00 e. The molecule has 1 aromatic heterocycles. The first-order valence-corrected chi connectivity index (χ1v) is 11.5. The molecule has 3 aromatic rings. The molecular weight excluding hydrogens is 547 g/mol. The van der Waals surface area contributed by atoms with Gasteiger partial charge in [-0.05, 0) is 63.8 Å². The van der Waals surface area contributed by atoms with E-state index in [0.717, 1.165) is 22.8 Å². The number of alkyl halides is 3. The molecule has 0 bridgehead atoms. The number of halogens is 3. The molecule has 0 saturated carbocycles. The second-order valence-corrected chi connectivity index (χ2v) is 8.61. The number of nitrogens with zero attached hydrogens (tertiary/aromatic N) is 3. The smallest absolute Gasteiger partial charge is 0.750 e. The summed E-state index contributed by atoms with van der Waals surface area (Å²) in [5.41, 5.74) is 11.0. The minimum Gasteiger partial charge on any atom is -0.750 e. The number of aliphatic imine (C=N–C) groups is 2. The predicted molar refractivity (Wildman–Crippen MR) is 138 cm³/mol. The minimum atomic E-state index is -5.09. The number of aromatic nitrogens is 1. The number of rotatable bonds is 5. The van der Waals surface area contributed by atoms with Gasteiger partial charge in [0, 0.05) is 12.4 Å². The quantitative estimate of drug-likeness (QED) is 0.145. The molecule has 1 atom stereocenters. The summed E-state index contributed by atoms with van der Waals surface area (Å²) >= 11 is -3.51. The molecular formula is C26H29F3FeN3O3S. The van der Waals surface area contributed by atoms with Gasteiger partial charge in [0.05, 0.1) is 22.7 Å². The summed E-state index contributed by atoms with van der Waals surface area (Å²) in [7, 11) is 0. The van der Waals surface area contributed by atoms with Crippen LogP contribution in [0.5, 0.6) is 0 Å². The van der Waals surface area contributed by atoms with Crippen LogP contribution in [0, 0.1) is 49.0 Å². The Kier molecular flexibility index (Phi) is 14.0. The monoisotopic (exact) mass is 576 g/mol. The van der Waals surface area contributed by atoms with Crippen LogP contribution in [-0.4, -0.2) is 27.6 Å². The van der Waals surface area contributed by atoms with Crippen molar-refractivity contribution in [2.45, 2.75) is 47.9 Å². The van der Waals surface area contributed by atoms with E-state index >= 15 is 0 Å². The van der Waals surface area contributed by atoms with Gasteiger partial charge in [-0.1, -0.05) is 47.5 Å². The maximum absolute atomic E-state index is 10.7. The van der Waals surface area contributed by atoms with E-state index in [4.69, 9.17) is 8.76 Å². The van der Waals surface area contributed by atoms with Gasteiger partial charge in [0.1, 0.15) is 0 Å². The topological polar surface area (TPSA) is 88.2 Å². The SMILES string of the molecule is Cc1cc(C)c(N=Cc2ccc(C=Nc3c(C)cc(C)cc3C)[n-]2)c(C)c1.O=S([O-])OC(F)(F)F.[CH3-].[Fe+3]. The molecule has 0 amide bonds. The zero-order valence-corrected chi connectivity index (χ0v) is 23.5. The van der Waals surface area contributed by atoms with E-state index in [-0.39, 0.29) is 24.5 Å². The second kappa shape index (κ2) is 15.0. The Labute approximate surface area is 229 Å².